The molecule has 0 saturated heterocycles. The molecule has 0 aromatic carbocycles. The van der Waals surface area contributed by atoms with E-state index < -0.39 is 29.3 Å². The smallest absolute Gasteiger partial charge is 0.338 e. The second-order valence-electron chi connectivity index (χ2n) is 2.62. The number of pyridine rings is 1. The van der Waals surface area contributed by atoms with Crippen LogP contribution in [0.2, 0.25) is 0 Å². The first-order valence-corrected chi connectivity index (χ1v) is 4.89. The average Bonchev–Trinajstić information content (AvgIpc) is 2.16. The molecular formula is C8H6BrF2NO3. The molecule has 0 fully saturated rings. The number of carboxylic acid groups (broad SMARTS) is 1. The molecule has 0 saturated carbocycles. The van der Waals surface area contributed by atoms with E-state index in [1.54, 1.807) is 0 Å². The van der Waals surface area contributed by atoms with Gasteiger partial charge in [-0.3, -0.25) is 4.98 Å². The second kappa shape index (κ2) is 4.52. The molecule has 1 aromatic heterocycles. The van der Waals surface area contributed by atoms with Crippen LogP contribution in [-0.4, -0.2) is 21.2 Å². The zero-order chi connectivity index (χ0) is 11.6. The molecule has 0 spiro atoms. The maximum Gasteiger partial charge on any atom is 0.338 e. The fraction of sp³-hybridized carbons (Fsp3) is 0.250. The van der Waals surface area contributed by atoms with Gasteiger partial charge in [0.25, 0.3) is 6.43 Å². The van der Waals surface area contributed by atoms with Crippen molar-refractivity contribution in [3.8, 4) is 5.75 Å². The molecule has 0 aliphatic carbocycles. The highest BCUT2D eigenvalue weighted by atomic mass is 79.9. The predicted octanol–water partition coefficient (Wildman–Crippen LogP) is 2.32. The van der Waals surface area contributed by atoms with E-state index in [-0.39, 0.29) is 11.0 Å². The molecule has 0 atom stereocenters. The molecule has 0 unspecified atom stereocenters. The number of carbonyl (C=O) groups is 1. The molecule has 7 heteroatoms. The number of halogens is 3. The van der Waals surface area contributed by atoms with Crippen LogP contribution in [0.5, 0.6) is 5.75 Å². The van der Waals surface area contributed by atoms with Gasteiger partial charge < -0.3 is 10.2 Å². The largest absolute Gasteiger partial charge is 0.506 e. The summed E-state index contributed by atoms with van der Waals surface area (Å²) in [4.78, 5) is 14.3. The third-order valence-corrected chi connectivity index (χ3v) is 2.27. The zero-order valence-electron chi connectivity index (χ0n) is 7.25. The molecular weight excluding hydrogens is 276 g/mol. The van der Waals surface area contributed by atoms with E-state index in [1.165, 1.54) is 0 Å². The summed E-state index contributed by atoms with van der Waals surface area (Å²) in [5.41, 5.74) is -1.59. The summed E-state index contributed by atoms with van der Waals surface area (Å²) in [5, 5.41) is 17.9. The van der Waals surface area contributed by atoms with Crippen LogP contribution in [0.1, 0.15) is 28.0 Å². The predicted molar refractivity (Wildman–Crippen MR) is 50.4 cm³/mol. The maximum atomic E-state index is 12.5. The van der Waals surface area contributed by atoms with Crippen LogP contribution in [0.15, 0.2) is 6.20 Å². The van der Waals surface area contributed by atoms with Crippen molar-refractivity contribution in [3.05, 3.63) is 23.0 Å². The number of aromatic nitrogens is 1. The molecule has 1 rings (SSSR count). The molecule has 4 nitrogen and oxygen atoms in total. The van der Waals surface area contributed by atoms with E-state index in [0.717, 1.165) is 6.20 Å². The Labute approximate surface area is 91.7 Å². The third-order valence-electron chi connectivity index (χ3n) is 1.74. The lowest BCUT2D eigenvalue weighted by Gasteiger charge is -2.09. The topological polar surface area (TPSA) is 70.4 Å². The lowest BCUT2D eigenvalue weighted by Crippen LogP contribution is -2.09. The molecule has 0 radical (unpaired) electrons. The van der Waals surface area contributed by atoms with Crippen molar-refractivity contribution < 1.29 is 23.8 Å². The normalized spacial score (nSPS) is 10.7. The van der Waals surface area contributed by atoms with Gasteiger partial charge in [0, 0.05) is 5.33 Å². The minimum atomic E-state index is -3.06. The molecule has 1 heterocycles. The van der Waals surface area contributed by atoms with Crippen molar-refractivity contribution >= 4 is 21.9 Å². The van der Waals surface area contributed by atoms with Gasteiger partial charge in [0.1, 0.15) is 5.75 Å². The quantitative estimate of drug-likeness (QED) is 0.835. The molecule has 0 amide bonds. The summed E-state index contributed by atoms with van der Waals surface area (Å²) in [6.45, 7) is 0. The molecule has 15 heavy (non-hydrogen) atoms. The Morgan fingerprint density at radius 3 is 2.60 bits per heavy atom. The summed E-state index contributed by atoms with van der Waals surface area (Å²) < 4.78 is 25.0. The number of aromatic carboxylic acids is 1. The van der Waals surface area contributed by atoms with Crippen molar-refractivity contribution in [2.75, 3.05) is 0 Å². The van der Waals surface area contributed by atoms with Crippen LogP contribution in [0, 0.1) is 0 Å². The van der Waals surface area contributed by atoms with E-state index >= 15 is 0 Å². The first-order valence-electron chi connectivity index (χ1n) is 3.77. The summed E-state index contributed by atoms with van der Waals surface area (Å²) in [5.74, 6) is -2.35. The van der Waals surface area contributed by atoms with Crippen molar-refractivity contribution in [1.29, 1.82) is 0 Å². The lowest BCUT2D eigenvalue weighted by molar-refractivity contribution is 0.0681. The van der Waals surface area contributed by atoms with Crippen molar-refractivity contribution in [1.82, 2.24) is 4.98 Å². The van der Waals surface area contributed by atoms with Gasteiger partial charge in [0.2, 0.25) is 0 Å². The first kappa shape index (κ1) is 11.8. The number of hydrogen-bond acceptors (Lipinski definition) is 3. The summed E-state index contributed by atoms with van der Waals surface area (Å²) in [7, 11) is 0. The minimum Gasteiger partial charge on any atom is -0.506 e. The van der Waals surface area contributed by atoms with Crippen LogP contribution in [0.25, 0.3) is 0 Å². The van der Waals surface area contributed by atoms with Crippen LogP contribution in [0.3, 0.4) is 0 Å². The molecule has 1 aromatic rings. The van der Waals surface area contributed by atoms with Crippen LogP contribution in [0.4, 0.5) is 8.78 Å². The fourth-order valence-electron chi connectivity index (χ4n) is 1.12. The standard InChI is InChI=1S/C8H6BrF2NO3/c9-1-3-5(8(14)15)6(7(10)11)4(13)2-12-3/h2,7,13H,1H2,(H,14,15). The van der Waals surface area contributed by atoms with Crippen LogP contribution < -0.4 is 0 Å². The second-order valence-corrected chi connectivity index (χ2v) is 3.18. The molecule has 0 bridgehead atoms. The molecule has 0 aliphatic rings. The maximum absolute atomic E-state index is 12.5. The Bertz CT molecular complexity index is 398. The van der Waals surface area contributed by atoms with Gasteiger partial charge in [0.15, 0.2) is 0 Å². The number of nitrogens with zero attached hydrogens (tertiary/aromatic N) is 1. The van der Waals surface area contributed by atoms with Gasteiger partial charge >= 0.3 is 5.97 Å². The summed E-state index contributed by atoms with van der Waals surface area (Å²) >= 11 is 2.93. The van der Waals surface area contributed by atoms with Crippen LogP contribution in [-0.2, 0) is 5.33 Å². The zero-order valence-corrected chi connectivity index (χ0v) is 8.83. The molecule has 0 aliphatic heterocycles. The van der Waals surface area contributed by atoms with Gasteiger partial charge in [-0.25, -0.2) is 13.6 Å². The Morgan fingerprint density at radius 2 is 2.20 bits per heavy atom. The lowest BCUT2D eigenvalue weighted by atomic mass is 10.1. The number of rotatable bonds is 3. The van der Waals surface area contributed by atoms with Crippen molar-refractivity contribution in [2.45, 2.75) is 11.8 Å². The monoisotopic (exact) mass is 281 g/mol. The highest BCUT2D eigenvalue weighted by Gasteiger charge is 2.25. The highest BCUT2D eigenvalue weighted by Crippen LogP contribution is 2.32. The van der Waals surface area contributed by atoms with Gasteiger partial charge in [-0.1, -0.05) is 15.9 Å². The van der Waals surface area contributed by atoms with E-state index in [9.17, 15) is 13.6 Å². The summed E-state index contributed by atoms with van der Waals surface area (Å²) in [6.07, 6.45) is -2.25. The van der Waals surface area contributed by atoms with E-state index in [2.05, 4.69) is 20.9 Å². The van der Waals surface area contributed by atoms with E-state index in [0.29, 0.717) is 0 Å². The highest BCUT2D eigenvalue weighted by molar-refractivity contribution is 9.08. The number of aromatic hydroxyl groups is 1. The van der Waals surface area contributed by atoms with Crippen molar-refractivity contribution in [3.63, 3.8) is 0 Å². The van der Waals surface area contributed by atoms with Crippen LogP contribution >= 0.6 is 15.9 Å². The minimum absolute atomic E-state index is 0.0225. The Hall–Kier alpha value is -1.24. The Balaban J connectivity index is 3.51. The summed E-state index contributed by atoms with van der Waals surface area (Å²) in [6, 6.07) is 0. The van der Waals surface area contributed by atoms with Crippen molar-refractivity contribution in [2.24, 2.45) is 0 Å². The Morgan fingerprint density at radius 1 is 1.60 bits per heavy atom. The average molecular weight is 282 g/mol. The van der Waals surface area contributed by atoms with Gasteiger partial charge in [-0.05, 0) is 0 Å². The third kappa shape index (κ3) is 2.23. The molecule has 82 valence electrons. The number of alkyl halides is 3. The van der Waals surface area contributed by atoms with Gasteiger partial charge in [-0.2, -0.15) is 0 Å². The number of hydrogen-bond donors (Lipinski definition) is 2. The molecule has 2 N–H and O–H groups in total. The Kier molecular flexibility index (Phi) is 3.57. The fourth-order valence-corrected chi connectivity index (χ4v) is 1.54. The van der Waals surface area contributed by atoms with Gasteiger partial charge in [0.05, 0.1) is 23.0 Å². The first-order chi connectivity index (χ1) is 6.99. The van der Waals surface area contributed by atoms with Gasteiger partial charge in [-0.15, -0.1) is 0 Å². The van der Waals surface area contributed by atoms with E-state index in [4.69, 9.17) is 10.2 Å². The SMILES string of the molecule is O=C(O)c1c(CBr)ncc(O)c1C(F)F. The number of carboxylic acids is 1. The van der Waals surface area contributed by atoms with E-state index in [1.807, 2.05) is 0 Å².